The van der Waals surface area contributed by atoms with E-state index in [4.69, 9.17) is 0 Å². The van der Waals surface area contributed by atoms with Crippen molar-refractivity contribution < 1.29 is 4.39 Å². The van der Waals surface area contributed by atoms with Crippen LogP contribution >= 0.6 is 15.9 Å². The van der Waals surface area contributed by atoms with Crippen LogP contribution in [0.4, 0.5) is 4.39 Å². The summed E-state index contributed by atoms with van der Waals surface area (Å²) in [6.07, 6.45) is 3.59. The molecule has 0 atom stereocenters. The monoisotopic (exact) mass is 268 g/mol. The highest BCUT2D eigenvalue weighted by atomic mass is 79.9. The minimum absolute atomic E-state index is 0.187. The normalized spacial score (nSPS) is 10.6. The average molecular weight is 269 g/mol. The smallest absolute Gasteiger partial charge is 0.127 e. The van der Waals surface area contributed by atoms with Gasteiger partial charge in [0.05, 0.1) is 6.20 Å². The predicted octanol–water partition coefficient (Wildman–Crippen LogP) is 3.12. The van der Waals surface area contributed by atoms with Gasteiger partial charge in [0.15, 0.2) is 0 Å². The second-order valence-electron chi connectivity index (χ2n) is 3.34. The summed E-state index contributed by atoms with van der Waals surface area (Å²) in [4.78, 5) is 0. The van der Waals surface area contributed by atoms with Crippen LogP contribution in [0.1, 0.15) is 5.56 Å². The summed E-state index contributed by atoms with van der Waals surface area (Å²) in [5.74, 6) is -0.187. The zero-order valence-corrected chi connectivity index (χ0v) is 9.83. The van der Waals surface area contributed by atoms with E-state index in [9.17, 15) is 4.39 Å². The summed E-state index contributed by atoms with van der Waals surface area (Å²) in [5, 5.41) is 4.58. The van der Waals surface area contributed by atoms with Gasteiger partial charge < -0.3 is 0 Å². The van der Waals surface area contributed by atoms with Gasteiger partial charge in [-0.3, -0.25) is 4.68 Å². The van der Waals surface area contributed by atoms with Gasteiger partial charge in [0.1, 0.15) is 5.82 Å². The number of aryl methyl sites for hydroxylation is 1. The summed E-state index contributed by atoms with van der Waals surface area (Å²) < 4.78 is 15.2. The molecule has 4 heteroatoms. The Morgan fingerprint density at radius 1 is 1.40 bits per heavy atom. The summed E-state index contributed by atoms with van der Waals surface area (Å²) in [7, 11) is 1.84. The molecule has 2 aromatic rings. The van der Waals surface area contributed by atoms with Crippen molar-refractivity contribution >= 4 is 15.9 Å². The number of nitrogens with zero attached hydrogens (tertiary/aromatic N) is 2. The van der Waals surface area contributed by atoms with Gasteiger partial charge in [-0.2, -0.15) is 5.10 Å². The number of rotatable bonds is 2. The maximum Gasteiger partial charge on any atom is 0.127 e. The Morgan fingerprint density at radius 2 is 2.20 bits per heavy atom. The molecule has 1 aromatic carbocycles. The average Bonchev–Trinajstić information content (AvgIpc) is 2.65. The largest absolute Gasteiger partial charge is 0.275 e. The first-order valence-electron chi connectivity index (χ1n) is 4.54. The van der Waals surface area contributed by atoms with Crippen LogP contribution in [0.2, 0.25) is 0 Å². The molecule has 0 unspecified atom stereocenters. The molecule has 2 nitrogen and oxygen atoms in total. The Bertz CT molecular complexity index is 479. The standard InChI is InChI=1S/C11H10BrFN2/c1-15-7-10(6-14-15)8-2-3-9(5-12)11(13)4-8/h2-4,6-7H,5H2,1H3. The van der Waals surface area contributed by atoms with Crippen molar-refractivity contribution in [2.45, 2.75) is 5.33 Å². The minimum atomic E-state index is -0.187. The highest BCUT2D eigenvalue weighted by Crippen LogP contribution is 2.22. The molecular formula is C11H10BrFN2. The molecule has 0 saturated heterocycles. The fourth-order valence-corrected chi connectivity index (χ4v) is 1.86. The number of hydrogen-bond donors (Lipinski definition) is 0. The Morgan fingerprint density at radius 3 is 2.73 bits per heavy atom. The molecule has 1 aromatic heterocycles. The van der Waals surface area contributed by atoms with Crippen LogP contribution < -0.4 is 0 Å². The number of alkyl halides is 1. The van der Waals surface area contributed by atoms with E-state index < -0.39 is 0 Å². The predicted molar refractivity (Wildman–Crippen MR) is 61.2 cm³/mol. The van der Waals surface area contributed by atoms with E-state index in [0.29, 0.717) is 10.9 Å². The Hall–Kier alpha value is -1.16. The van der Waals surface area contributed by atoms with E-state index in [0.717, 1.165) is 11.1 Å². The Kier molecular flexibility index (Phi) is 2.86. The lowest BCUT2D eigenvalue weighted by Crippen LogP contribution is -1.87. The molecule has 0 N–H and O–H groups in total. The maximum atomic E-state index is 13.5. The van der Waals surface area contributed by atoms with Crippen LogP contribution in [0.5, 0.6) is 0 Å². The van der Waals surface area contributed by atoms with Crippen molar-refractivity contribution in [1.29, 1.82) is 0 Å². The van der Waals surface area contributed by atoms with Gasteiger partial charge in [-0.05, 0) is 17.2 Å². The molecule has 15 heavy (non-hydrogen) atoms. The minimum Gasteiger partial charge on any atom is -0.275 e. The molecular weight excluding hydrogens is 259 g/mol. The summed E-state index contributed by atoms with van der Waals surface area (Å²) in [6, 6.07) is 5.22. The molecule has 0 fully saturated rings. The van der Waals surface area contributed by atoms with Gasteiger partial charge in [-0.25, -0.2) is 4.39 Å². The van der Waals surface area contributed by atoms with Crippen LogP contribution in [-0.2, 0) is 12.4 Å². The van der Waals surface area contributed by atoms with E-state index in [1.54, 1.807) is 16.9 Å². The molecule has 0 aliphatic carbocycles. The lowest BCUT2D eigenvalue weighted by molar-refractivity contribution is 0.618. The highest BCUT2D eigenvalue weighted by molar-refractivity contribution is 9.08. The fraction of sp³-hybridized carbons (Fsp3) is 0.182. The molecule has 0 bridgehead atoms. The van der Waals surface area contributed by atoms with Crippen molar-refractivity contribution in [1.82, 2.24) is 9.78 Å². The van der Waals surface area contributed by atoms with Gasteiger partial charge in [-0.1, -0.05) is 28.1 Å². The summed E-state index contributed by atoms with van der Waals surface area (Å²) in [6.45, 7) is 0. The molecule has 1 heterocycles. The van der Waals surface area contributed by atoms with Crippen LogP contribution in [0.25, 0.3) is 11.1 Å². The molecule has 0 spiro atoms. The third kappa shape index (κ3) is 2.09. The lowest BCUT2D eigenvalue weighted by atomic mass is 10.1. The molecule has 0 aliphatic rings. The van der Waals surface area contributed by atoms with E-state index >= 15 is 0 Å². The van der Waals surface area contributed by atoms with Crippen molar-refractivity contribution in [3.63, 3.8) is 0 Å². The van der Waals surface area contributed by atoms with E-state index in [1.165, 1.54) is 6.07 Å². The number of aromatic nitrogens is 2. The van der Waals surface area contributed by atoms with Crippen LogP contribution in [-0.4, -0.2) is 9.78 Å². The zero-order valence-electron chi connectivity index (χ0n) is 8.24. The van der Waals surface area contributed by atoms with Crippen molar-refractivity contribution in [2.24, 2.45) is 7.05 Å². The molecule has 0 amide bonds. The maximum absolute atomic E-state index is 13.5. The van der Waals surface area contributed by atoms with Gasteiger partial charge in [0.2, 0.25) is 0 Å². The van der Waals surface area contributed by atoms with Gasteiger partial charge >= 0.3 is 0 Å². The summed E-state index contributed by atoms with van der Waals surface area (Å²) in [5.41, 5.74) is 2.45. The molecule has 2 rings (SSSR count). The first-order chi connectivity index (χ1) is 7.20. The Labute approximate surface area is 95.9 Å². The van der Waals surface area contributed by atoms with E-state index in [2.05, 4.69) is 21.0 Å². The fourth-order valence-electron chi connectivity index (χ4n) is 1.41. The van der Waals surface area contributed by atoms with Crippen molar-refractivity contribution in [3.05, 3.63) is 42.0 Å². The molecule has 0 aliphatic heterocycles. The van der Waals surface area contributed by atoms with E-state index in [-0.39, 0.29) is 5.82 Å². The number of benzene rings is 1. The topological polar surface area (TPSA) is 17.8 Å². The van der Waals surface area contributed by atoms with Gasteiger partial charge in [0.25, 0.3) is 0 Å². The van der Waals surface area contributed by atoms with E-state index in [1.807, 2.05) is 19.3 Å². The SMILES string of the molecule is Cn1cc(-c2ccc(CBr)c(F)c2)cn1. The second kappa shape index (κ2) is 4.14. The molecule has 0 saturated carbocycles. The number of halogens is 2. The van der Waals surface area contributed by atoms with Crippen molar-refractivity contribution in [3.8, 4) is 11.1 Å². The highest BCUT2D eigenvalue weighted by Gasteiger charge is 2.05. The molecule has 0 radical (unpaired) electrons. The van der Waals surface area contributed by atoms with Gasteiger partial charge in [0, 0.05) is 24.1 Å². The third-order valence-electron chi connectivity index (χ3n) is 2.24. The van der Waals surface area contributed by atoms with Gasteiger partial charge in [-0.15, -0.1) is 0 Å². The first kappa shape index (κ1) is 10.4. The Balaban J connectivity index is 2.42. The molecule has 78 valence electrons. The zero-order chi connectivity index (χ0) is 10.8. The van der Waals surface area contributed by atoms with Crippen LogP contribution in [0, 0.1) is 5.82 Å². The summed E-state index contributed by atoms with van der Waals surface area (Å²) >= 11 is 3.24. The quantitative estimate of drug-likeness (QED) is 0.766. The second-order valence-corrected chi connectivity index (χ2v) is 3.90. The lowest BCUT2D eigenvalue weighted by Gasteiger charge is -2.01. The van der Waals surface area contributed by atoms with Crippen LogP contribution in [0.15, 0.2) is 30.6 Å². The first-order valence-corrected chi connectivity index (χ1v) is 5.66. The number of hydrogen-bond acceptors (Lipinski definition) is 1. The van der Waals surface area contributed by atoms with Crippen LogP contribution in [0.3, 0.4) is 0 Å². The van der Waals surface area contributed by atoms with Crippen molar-refractivity contribution in [2.75, 3.05) is 0 Å². The third-order valence-corrected chi connectivity index (χ3v) is 2.84.